The zero-order chi connectivity index (χ0) is 19.3. The lowest BCUT2D eigenvalue weighted by atomic mass is 10.0. The fourth-order valence-corrected chi connectivity index (χ4v) is 3.97. The van der Waals surface area contributed by atoms with Crippen LogP contribution in [0.3, 0.4) is 0 Å². The van der Waals surface area contributed by atoms with Gasteiger partial charge in [0.05, 0.1) is 12.4 Å². The molecule has 0 saturated heterocycles. The maximum absolute atomic E-state index is 13.0. The van der Waals surface area contributed by atoms with Crippen LogP contribution in [0.1, 0.15) is 32.4 Å². The van der Waals surface area contributed by atoms with E-state index in [1.54, 1.807) is 23.9 Å². The molecule has 0 fully saturated rings. The second-order valence-electron chi connectivity index (χ2n) is 6.41. The Bertz CT molecular complexity index is 1040. The Morgan fingerprint density at radius 2 is 2.00 bits per heavy atom. The van der Waals surface area contributed by atoms with E-state index in [4.69, 9.17) is 11.6 Å². The van der Waals surface area contributed by atoms with Crippen molar-refractivity contribution in [3.63, 3.8) is 0 Å². The third kappa shape index (κ3) is 4.32. The summed E-state index contributed by atoms with van der Waals surface area (Å²) in [4.78, 5) is 18.1. The van der Waals surface area contributed by atoms with Crippen molar-refractivity contribution in [3.8, 4) is 0 Å². The minimum Gasteiger partial charge on any atom is -0.340 e. The first-order valence-electron chi connectivity index (χ1n) is 8.83. The van der Waals surface area contributed by atoms with Crippen molar-refractivity contribution < 1.29 is 4.79 Å². The van der Waals surface area contributed by atoms with Gasteiger partial charge in [0, 0.05) is 34.4 Å². The Balaban J connectivity index is 1.57. The number of carbonyl (C=O) groups excluding carboxylic acids is 1. The first-order chi connectivity index (χ1) is 13.7. The average Bonchev–Trinajstić information content (AvgIpc) is 3.41. The summed E-state index contributed by atoms with van der Waals surface area (Å²) in [6, 6.07) is 19.0. The van der Waals surface area contributed by atoms with Crippen molar-refractivity contribution in [3.05, 3.63) is 111 Å². The van der Waals surface area contributed by atoms with Crippen molar-refractivity contribution in [2.24, 2.45) is 0 Å². The van der Waals surface area contributed by atoms with Crippen molar-refractivity contribution in [2.75, 3.05) is 0 Å². The van der Waals surface area contributed by atoms with E-state index in [9.17, 15) is 4.79 Å². The van der Waals surface area contributed by atoms with E-state index >= 15 is 0 Å². The van der Waals surface area contributed by atoms with Crippen LogP contribution >= 0.6 is 22.9 Å². The summed E-state index contributed by atoms with van der Waals surface area (Å²) in [5.41, 5.74) is 2.67. The average molecular weight is 408 g/mol. The van der Waals surface area contributed by atoms with E-state index in [2.05, 4.69) is 10.3 Å². The Kier molecular flexibility index (Phi) is 5.55. The molecule has 28 heavy (non-hydrogen) atoms. The molecule has 0 spiro atoms. The lowest BCUT2D eigenvalue weighted by molar-refractivity contribution is 0.0943. The minimum atomic E-state index is -0.220. The number of aromatic nitrogens is 2. The highest BCUT2D eigenvalue weighted by Gasteiger charge is 2.19. The summed E-state index contributed by atoms with van der Waals surface area (Å²) in [7, 11) is 0. The Morgan fingerprint density at radius 3 is 2.71 bits per heavy atom. The molecule has 1 amide bonds. The number of amides is 1. The molecule has 2 aromatic carbocycles. The Morgan fingerprint density at radius 1 is 1.14 bits per heavy atom. The first kappa shape index (κ1) is 18.5. The predicted octanol–water partition coefficient (Wildman–Crippen LogP) is 5.17. The molecule has 1 atom stereocenters. The van der Waals surface area contributed by atoms with Crippen molar-refractivity contribution >= 4 is 28.8 Å². The fraction of sp³-hybridized carbons (Fsp3) is 0.0909. The number of hydrogen-bond acceptors (Lipinski definition) is 3. The lowest BCUT2D eigenvalue weighted by Gasteiger charge is -2.18. The first-order valence-corrected chi connectivity index (χ1v) is 10.1. The van der Waals surface area contributed by atoms with Crippen LogP contribution in [0.15, 0.2) is 84.8 Å². The van der Waals surface area contributed by atoms with Gasteiger partial charge in [0.15, 0.2) is 0 Å². The summed E-state index contributed by atoms with van der Waals surface area (Å²) >= 11 is 7.64. The van der Waals surface area contributed by atoms with E-state index < -0.39 is 0 Å². The summed E-state index contributed by atoms with van der Waals surface area (Å²) < 4.78 is 1.97. The van der Waals surface area contributed by atoms with Crippen LogP contribution in [0.4, 0.5) is 0 Å². The van der Waals surface area contributed by atoms with Crippen LogP contribution in [0.5, 0.6) is 0 Å². The summed E-state index contributed by atoms with van der Waals surface area (Å²) in [5, 5.41) is 5.85. The number of benzene rings is 2. The van der Waals surface area contributed by atoms with Gasteiger partial charge in [-0.25, -0.2) is 4.98 Å². The summed E-state index contributed by atoms with van der Waals surface area (Å²) in [5.74, 6) is -0.110. The number of nitrogens with zero attached hydrogens (tertiary/aromatic N) is 2. The second-order valence-corrected chi connectivity index (χ2v) is 7.82. The number of imidazole rings is 1. The molecule has 0 aliphatic heterocycles. The zero-order valence-corrected chi connectivity index (χ0v) is 16.5. The zero-order valence-electron chi connectivity index (χ0n) is 15.0. The van der Waals surface area contributed by atoms with Gasteiger partial charge in [-0.1, -0.05) is 41.9 Å². The highest BCUT2D eigenvalue weighted by atomic mass is 35.5. The second kappa shape index (κ2) is 8.42. The van der Waals surface area contributed by atoms with Crippen molar-refractivity contribution in [1.29, 1.82) is 0 Å². The van der Waals surface area contributed by atoms with Gasteiger partial charge < -0.3 is 9.88 Å². The molecule has 4 rings (SSSR count). The molecular weight excluding hydrogens is 390 g/mol. The molecule has 1 N–H and O–H groups in total. The molecule has 4 aromatic rings. The molecule has 2 heterocycles. The van der Waals surface area contributed by atoms with Crippen LogP contribution in [0.25, 0.3) is 0 Å². The van der Waals surface area contributed by atoms with Gasteiger partial charge in [-0.05, 0) is 46.8 Å². The summed E-state index contributed by atoms with van der Waals surface area (Å²) in [6.45, 7) is 0.673. The maximum atomic E-state index is 13.0. The Hall–Kier alpha value is -2.89. The van der Waals surface area contributed by atoms with E-state index in [0.717, 1.165) is 16.0 Å². The molecule has 0 bridgehead atoms. The van der Waals surface area contributed by atoms with Gasteiger partial charge in [-0.15, -0.1) is 11.3 Å². The largest absolute Gasteiger partial charge is 0.340 e. The van der Waals surface area contributed by atoms with Gasteiger partial charge >= 0.3 is 0 Å². The molecule has 2 aromatic heterocycles. The van der Waals surface area contributed by atoms with Gasteiger partial charge in [-0.3, -0.25) is 4.79 Å². The van der Waals surface area contributed by atoms with E-state index in [-0.39, 0.29) is 11.9 Å². The minimum absolute atomic E-state index is 0.110. The molecule has 0 radical (unpaired) electrons. The third-order valence-corrected chi connectivity index (χ3v) is 5.61. The summed E-state index contributed by atoms with van der Waals surface area (Å²) in [6.07, 6.45) is 5.41. The molecule has 0 aliphatic carbocycles. The molecular formula is C22H18ClN3OS. The van der Waals surface area contributed by atoms with E-state index in [1.165, 1.54) is 0 Å². The van der Waals surface area contributed by atoms with Gasteiger partial charge in [-0.2, -0.15) is 0 Å². The third-order valence-electron chi connectivity index (χ3n) is 4.42. The number of carbonyl (C=O) groups is 1. The number of thiophene rings is 1. The lowest BCUT2D eigenvalue weighted by Crippen LogP contribution is -2.28. The molecule has 0 saturated carbocycles. The molecule has 140 valence electrons. The van der Waals surface area contributed by atoms with Crippen LogP contribution in [0, 0.1) is 0 Å². The van der Waals surface area contributed by atoms with E-state index in [0.29, 0.717) is 17.1 Å². The van der Waals surface area contributed by atoms with Gasteiger partial charge in [0.2, 0.25) is 0 Å². The normalized spacial score (nSPS) is 11.9. The number of hydrogen-bond donors (Lipinski definition) is 1. The molecule has 1 unspecified atom stereocenters. The molecule has 0 aliphatic rings. The smallest absolute Gasteiger partial charge is 0.252 e. The van der Waals surface area contributed by atoms with Crippen molar-refractivity contribution in [1.82, 2.24) is 14.9 Å². The van der Waals surface area contributed by atoms with Crippen molar-refractivity contribution in [2.45, 2.75) is 12.6 Å². The highest BCUT2D eigenvalue weighted by molar-refractivity contribution is 7.10. The maximum Gasteiger partial charge on any atom is 0.252 e. The van der Waals surface area contributed by atoms with Crippen LogP contribution in [-0.2, 0) is 6.54 Å². The number of nitrogens with one attached hydrogen (secondary N) is 1. The number of rotatable bonds is 6. The Labute approximate surface area is 172 Å². The topological polar surface area (TPSA) is 46.9 Å². The predicted molar refractivity (Wildman–Crippen MR) is 113 cm³/mol. The quantitative estimate of drug-likeness (QED) is 0.479. The van der Waals surface area contributed by atoms with Gasteiger partial charge in [0.25, 0.3) is 5.91 Å². The van der Waals surface area contributed by atoms with E-state index in [1.807, 2.05) is 76.8 Å². The SMILES string of the molecule is O=C(NC(c1ccc(Cl)cc1)c1cccs1)c1cccc(Cn2ccnc2)c1. The van der Waals surface area contributed by atoms with Gasteiger partial charge in [0.1, 0.15) is 0 Å². The van der Waals surface area contributed by atoms with Crippen LogP contribution < -0.4 is 5.32 Å². The fourth-order valence-electron chi connectivity index (χ4n) is 3.05. The van der Waals surface area contributed by atoms with Crippen LogP contribution in [0.2, 0.25) is 5.02 Å². The molecule has 6 heteroatoms. The van der Waals surface area contributed by atoms with Crippen LogP contribution in [-0.4, -0.2) is 15.5 Å². The number of halogens is 1. The monoisotopic (exact) mass is 407 g/mol. The molecule has 4 nitrogen and oxygen atoms in total. The highest BCUT2D eigenvalue weighted by Crippen LogP contribution is 2.27. The standard InChI is InChI=1S/C22H18ClN3OS/c23-19-8-6-17(7-9-19)21(20-5-2-12-28-20)25-22(27)18-4-1-3-16(13-18)14-26-11-10-24-15-26/h1-13,15,21H,14H2,(H,25,27).